The van der Waals surface area contributed by atoms with Crippen molar-refractivity contribution in [1.82, 2.24) is 4.90 Å². The van der Waals surface area contributed by atoms with Crippen molar-refractivity contribution in [2.75, 3.05) is 20.3 Å². The molecule has 3 aliphatic heterocycles. The zero-order valence-electron chi connectivity index (χ0n) is 18.9. The molecular formula is C21H28NO10P. The van der Waals surface area contributed by atoms with Crippen molar-refractivity contribution in [3.05, 3.63) is 12.3 Å². The molecule has 0 unspecified atom stereocenters. The first-order valence-corrected chi connectivity index (χ1v) is 11.9. The largest absolute Gasteiger partial charge is 0.475 e. The van der Waals surface area contributed by atoms with Crippen LogP contribution in [0.5, 0.6) is 0 Å². The fraction of sp³-hybridized carbons (Fsp3) is 0.667. The highest BCUT2D eigenvalue weighted by atomic mass is 31.2. The molecule has 12 heteroatoms. The molecule has 0 aliphatic carbocycles. The van der Waals surface area contributed by atoms with Gasteiger partial charge in [-0.1, -0.05) is 5.92 Å². The lowest BCUT2D eigenvalue weighted by Crippen LogP contribution is -2.49. The first-order chi connectivity index (χ1) is 15.5. The lowest BCUT2D eigenvalue weighted by Gasteiger charge is -2.37. The Balaban J connectivity index is 1.67. The van der Waals surface area contributed by atoms with E-state index in [4.69, 9.17) is 34.2 Å². The number of allylic oxidation sites excluding steroid dienone is 1. The molecule has 2 saturated heterocycles. The number of carbonyl (C=O) groups is 3. The molecule has 0 aromatic carbocycles. The Bertz CT molecular complexity index is 911. The maximum atomic E-state index is 13.1. The Kier molecular flexibility index (Phi) is 7.79. The minimum absolute atomic E-state index is 0.0551. The molecule has 0 aromatic heterocycles. The number of carbonyl (C=O) groups excluding carboxylic acids is 3. The molecule has 182 valence electrons. The molecule has 33 heavy (non-hydrogen) atoms. The summed E-state index contributed by atoms with van der Waals surface area (Å²) in [4.78, 5) is 37.2. The maximum absolute atomic E-state index is 13.1. The van der Waals surface area contributed by atoms with Gasteiger partial charge in [0.05, 0.1) is 25.7 Å². The molecular weight excluding hydrogens is 457 g/mol. The highest BCUT2D eigenvalue weighted by Crippen LogP contribution is 2.59. The standard InChI is InChI=1S/C21H28NO10P/c1-6-21(4)18-16(31-20(21)22-9-7-14(23)11-17(22)24)12-29-33(26,32-18)28-10-8-15(27-5)19(25)30-13(2)3/h1,7,9,13,15-16,18,20H,8,10-12H2,2-5H3/t15-,16+,18+,20+,21+,33-/m0/s1. The average molecular weight is 485 g/mol. The first-order valence-electron chi connectivity index (χ1n) is 10.5. The zero-order chi connectivity index (χ0) is 24.4. The molecule has 0 bridgehead atoms. The quantitative estimate of drug-likeness (QED) is 0.216. The van der Waals surface area contributed by atoms with Gasteiger partial charge < -0.3 is 14.2 Å². The monoisotopic (exact) mass is 485 g/mol. The third kappa shape index (κ3) is 5.38. The fourth-order valence-corrected chi connectivity index (χ4v) is 5.27. The van der Waals surface area contributed by atoms with Crippen LogP contribution in [0.4, 0.5) is 0 Å². The minimum Gasteiger partial charge on any atom is -0.461 e. The number of ether oxygens (including phenoxy) is 3. The van der Waals surface area contributed by atoms with E-state index in [1.54, 1.807) is 20.8 Å². The SMILES string of the molecule is C#C[C@]1(C)[C@@H]2O[P@@](=O)(OCC[C@H](OC)C(=O)OC(C)C)OC[C@H]2O[C@H]1N1C=CC(=O)CC1=O. The topological polar surface area (TPSA) is 127 Å². The number of fused-ring (bicyclic) bond motifs is 1. The Morgan fingerprint density at radius 2 is 2.15 bits per heavy atom. The van der Waals surface area contributed by atoms with Crippen molar-refractivity contribution in [3.63, 3.8) is 0 Å². The van der Waals surface area contributed by atoms with Crippen molar-refractivity contribution in [1.29, 1.82) is 0 Å². The Labute approximate surface area is 192 Å². The molecule has 3 heterocycles. The van der Waals surface area contributed by atoms with E-state index in [-0.39, 0.29) is 37.9 Å². The highest BCUT2D eigenvalue weighted by Gasteiger charge is 2.61. The number of hydrogen-bond acceptors (Lipinski definition) is 10. The van der Waals surface area contributed by atoms with E-state index in [0.717, 1.165) is 0 Å². The second kappa shape index (κ2) is 10.1. The van der Waals surface area contributed by atoms with Crippen molar-refractivity contribution in [3.8, 4) is 12.3 Å². The van der Waals surface area contributed by atoms with Crippen LogP contribution in [-0.2, 0) is 46.7 Å². The van der Waals surface area contributed by atoms with Gasteiger partial charge in [0.1, 0.15) is 17.6 Å². The van der Waals surface area contributed by atoms with Gasteiger partial charge in [0.2, 0.25) is 5.91 Å². The lowest BCUT2D eigenvalue weighted by molar-refractivity contribution is -0.160. The molecule has 0 aromatic rings. The Hall–Kier alpha value is -2.06. The van der Waals surface area contributed by atoms with Crippen LogP contribution in [-0.4, -0.2) is 73.5 Å². The number of amides is 1. The van der Waals surface area contributed by atoms with Gasteiger partial charge in [-0.05, 0) is 26.8 Å². The molecule has 6 atom stereocenters. The van der Waals surface area contributed by atoms with Crippen molar-refractivity contribution in [2.45, 2.75) is 64.3 Å². The molecule has 0 saturated carbocycles. The summed E-state index contributed by atoms with van der Waals surface area (Å²) in [6.07, 6.45) is 4.34. The van der Waals surface area contributed by atoms with Crippen LogP contribution < -0.4 is 0 Å². The number of rotatable bonds is 8. The molecule has 0 N–H and O–H groups in total. The van der Waals surface area contributed by atoms with Gasteiger partial charge >= 0.3 is 13.8 Å². The van der Waals surface area contributed by atoms with Gasteiger partial charge in [0.25, 0.3) is 0 Å². The van der Waals surface area contributed by atoms with Crippen LogP contribution in [0.15, 0.2) is 12.3 Å². The van der Waals surface area contributed by atoms with Crippen LogP contribution in [0.2, 0.25) is 0 Å². The second-order valence-electron chi connectivity index (χ2n) is 8.31. The minimum atomic E-state index is -4.05. The summed E-state index contributed by atoms with van der Waals surface area (Å²) in [6, 6.07) is 0. The van der Waals surface area contributed by atoms with Gasteiger partial charge in [-0.3, -0.25) is 28.1 Å². The predicted octanol–water partition coefficient (Wildman–Crippen LogP) is 1.56. The number of terminal acetylenes is 1. The van der Waals surface area contributed by atoms with E-state index >= 15 is 0 Å². The zero-order valence-corrected chi connectivity index (χ0v) is 19.8. The van der Waals surface area contributed by atoms with E-state index < -0.39 is 49.7 Å². The van der Waals surface area contributed by atoms with Crippen LogP contribution >= 0.6 is 7.82 Å². The molecule has 1 amide bonds. The summed E-state index contributed by atoms with van der Waals surface area (Å²) in [5.41, 5.74) is -1.20. The average Bonchev–Trinajstić information content (AvgIpc) is 3.03. The molecule has 11 nitrogen and oxygen atoms in total. The summed E-state index contributed by atoms with van der Waals surface area (Å²) in [7, 11) is -2.70. The number of esters is 1. The third-order valence-electron chi connectivity index (χ3n) is 5.51. The van der Waals surface area contributed by atoms with E-state index in [1.165, 1.54) is 24.3 Å². The number of ketones is 1. The van der Waals surface area contributed by atoms with Gasteiger partial charge in [0.15, 0.2) is 18.1 Å². The van der Waals surface area contributed by atoms with Crippen LogP contribution in [0.25, 0.3) is 0 Å². The molecule has 3 rings (SSSR count). The van der Waals surface area contributed by atoms with Crippen LogP contribution in [0.3, 0.4) is 0 Å². The second-order valence-corrected chi connectivity index (χ2v) is 9.94. The number of phosphoric ester groups is 1. The fourth-order valence-electron chi connectivity index (χ4n) is 3.79. The Morgan fingerprint density at radius 1 is 1.42 bits per heavy atom. The summed E-state index contributed by atoms with van der Waals surface area (Å²) in [5.74, 6) is 1.24. The summed E-state index contributed by atoms with van der Waals surface area (Å²) in [6.45, 7) is 4.74. The summed E-state index contributed by atoms with van der Waals surface area (Å²) >= 11 is 0. The highest BCUT2D eigenvalue weighted by molar-refractivity contribution is 7.48. The number of hydrogen-bond donors (Lipinski definition) is 0. The van der Waals surface area contributed by atoms with Crippen molar-refractivity contribution < 1.29 is 46.7 Å². The summed E-state index contributed by atoms with van der Waals surface area (Å²) in [5, 5.41) is 0. The summed E-state index contributed by atoms with van der Waals surface area (Å²) < 4.78 is 45.6. The third-order valence-corrected chi connectivity index (χ3v) is 6.96. The number of nitrogens with zero attached hydrogens (tertiary/aromatic N) is 1. The first kappa shape index (κ1) is 25.6. The number of phosphoric acid groups is 1. The van der Waals surface area contributed by atoms with Gasteiger partial charge in [-0.15, -0.1) is 6.42 Å². The van der Waals surface area contributed by atoms with Crippen LogP contribution in [0, 0.1) is 17.8 Å². The van der Waals surface area contributed by atoms with Crippen molar-refractivity contribution >= 4 is 25.5 Å². The Morgan fingerprint density at radius 3 is 2.76 bits per heavy atom. The number of methoxy groups -OCH3 is 1. The van der Waals surface area contributed by atoms with Crippen molar-refractivity contribution in [2.24, 2.45) is 5.41 Å². The maximum Gasteiger partial charge on any atom is 0.475 e. The predicted molar refractivity (Wildman–Crippen MR) is 112 cm³/mol. The van der Waals surface area contributed by atoms with E-state index in [1.807, 2.05) is 0 Å². The van der Waals surface area contributed by atoms with Gasteiger partial charge in [-0.25, -0.2) is 9.36 Å². The van der Waals surface area contributed by atoms with Crippen LogP contribution in [0.1, 0.15) is 33.6 Å². The molecule has 3 aliphatic rings. The van der Waals surface area contributed by atoms with E-state index in [0.29, 0.717) is 0 Å². The van der Waals surface area contributed by atoms with Gasteiger partial charge in [-0.2, -0.15) is 0 Å². The van der Waals surface area contributed by atoms with Gasteiger partial charge in [0, 0.05) is 19.7 Å². The van der Waals surface area contributed by atoms with E-state index in [9.17, 15) is 18.9 Å². The lowest BCUT2D eigenvalue weighted by atomic mass is 9.82. The molecule has 0 spiro atoms. The normalized spacial score (nSPS) is 34.8. The molecule has 2 fully saturated rings. The smallest absolute Gasteiger partial charge is 0.461 e. The van der Waals surface area contributed by atoms with E-state index in [2.05, 4.69) is 5.92 Å². The molecule has 0 radical (unpaired) electrons.